The Labute approximate surface area is 226 Å². The molecule has 9 nitrogen and oxygen atoms in total. The van der Waals surface area contributed by atoms with E-state index in [0.29, 0.717) is 32.0 Å². The molecule has 0 spiro atoms. The predicted molar refractivity (Wildman–Crippen MR) is 152 cm³/mol. The summed E-state index contributed by atoms with van der Waals surface area (Å²) in [5.74, 6) is 1.93. The minimum Gasteiger partial charge on any atom is -0.497 e. The summed E-state index contributed by atoms with van der Waals surface area (Å²) in [4.78, 5) is 9.36. The molecule has 204 valence electrons. The second kappa shape index (κ2) is 10.7. The summed E-state index contributed by atoms with van der Waals surface area (Å²) in [6.07, 6.45) is 0. The number of methoxy groups -OCH3 is 2. The van der Waals surface area contributed by atoms with E-state index in [0.717, 1.165) is 28.1 Å². The van der Waals surface area contributed by atoms with Gasteiger partial charge in [0.2, 0.25) is 10.0 Å². The van der Waals surface area contributed by atoms with Gasteiger partial charge in [0.05, 0.1) is 25.4 Å². The summed E-state index contributed by atoms with van der Waals surface area (Å²) in [5, 5.41) is 0.319. The zero-order valence-corrected chi connectivity index (χ0v) is 23.8. The van der Waals surface area contributed by atoms with E-state index >= 15 is 0 Å². The Hall–Kier alpha value is -2.89. The van der Waals surface area contributed by atoms with Crippen molar-refractivity contribution in [3.8, 4) is 11.5 Å². The number of pyridine rings is 1. The van der Waals surface area contributed by atoms with Crippen LogP contribution in [-0.2, 0) is 20.8 Å². The van der Waals surface area contributed by atoms with Gasteiger partial charge in [0, 0.05) is 72.0 Å². The summed E-state index contributed by atoms with van der Waals surface area (Å²) in [6.45, 7) is 6.70. The number of hydrogen-bond acceptors (Lipinski definition) is 8. The van der Waals surface area contributed by atoms with Crippen LogP contribution in [-0.4, -0.2) is 85.9 Å². The molecule has 0 N–H and O–H groups in total. The number of hydrogen-bond donors (Lipinski definition) is 0. The molecule has 0 bridgehead atoms. The summed E-state index contributed by atoms with van der Waals surface area (Å²) >= 11 is 0. The SMILES string of the molecule is COc1ccc(N2CCN(c3nc4ccccc4cc3S(=O)(=O)N3CC(C)S(=O)C(C)C3)CC2)c(OC)c1. The van der Waals surface area contributed by atoms with Crippen molar-refractivity contribution in [2.45, 2.75) is 29.2 Å². The molecule has 0 radical (unpaired) electrons. The molecule has 0 amide bonds. The van der Waals surface area contributed by atoms with Crippen molar-refractivity contribution in [3.05, 3.63) is 48.5 Å². The molecule has 38 heavy (non-hydrogen) atoms. The minimum absolute atomic E-state index is 0.207. The highest BCUT2D eigenvalue weighted by molar-refractivity contribution is 7.90. The average Bonchev–Trinajstić information content (AvgIpc) is 2.94. The van der Waals surface area contributed by atoms with Crippen LogP contribution < -0.4 is 19.3 Å². The zero-order chi connectivity index (χ0) is 27.0. The number of fused-ring (bicyclic) bond motifs is 1. The molecule has 2 unspecified atom stereocenters. The molecule has 3 aromatic rings. The molecule has 2 saturated heterocycles. The molecule has 2 aliphatic heterocycles. The first-order chi connectivity index (χ1) is 18.2. The third kappa shape index (κ3) is 4.94. The van der Waals surface area contributed by atoms with Gasteiger partial charge < -0.3 is 19.3 Å². The van der Waals surface area contributed by atoms with Gasteiger partial charge in [-0.05, 0) is 38.1 Å². The number of ether oxygens (including phenoxy) is 2. The summed E-state index contributed by atoms with van der Waals surface area (Å²) in [6, 6.07) is 15.1. The van der Waals surface area contributed by atoms with Gasteiger partial charge in [-0.15, -0.1) is 0 Å². The first kappa shape index (κ1) is 26.7. The van der Waals surface area contributed by atoms with E-state index in [2.05, 4.69) is 9.80 Å². The summed E-state index contributed by atoms with van der Waals surface area (Å²) in [7, 11) is -1.65. The molecule has 0 saturated carbocycles. The maximum Gasteiger partial charge on any atom is 0.246 e. The van der Waals surface area contributed by atoms with Crippen LogP contribution >= 0.6 is 0 Å². The van der Waals surface area contributed by atoms with Crippen LogP contribution in [0.15, 0.2) is 53.4 Å². The largest absolute Gasteiger partial charge is 0.497 e. The Morgan fingerprint density at radius 3 is 2.21 bits per heavy atom. The van der Waals surface area contributed by atoms with E-state index in [4.69, 9.17) is 14.5 Å². The van der Waals surface area contributed by atoms with Crippen molar-refractivity contribution < 1.29 is 22.1 Å². The number of piperazine rings is 1. The highest BCUT2D eigenvalue weighted by atomic mass is 32.2. The Balaban J connectivity index is 1.47. The van der Waals surface area contributed by atoms with Crippen molar-refractivity contribution in [1.29, 1.82) is 0 Å². The molecule has 2 aromatic carbocycles. The number of rotatable bonds is 6. The van der Waals surface area contributed by atoms with Gasteiger partial charge in [-0.25, -0.2) is 13.4 Å². The highest BCUT2D eigenvalue weighted by Gasteiger charge is 2.38. The molecule has 1 aromatic heterocycles. The second-order valence-corrected chi connectivity index (χ2v) is 14.0. The van der Waals surface area contributed by atoms with Crippen molar-refractivity contribution in [3.63, 3.8) is 0 Å². The molecule has 2 atom stereocenters. The fourth-order valence-corrected chi connectivity index (χ4v) is 8.67. The number of aromatic nitrogens is 1. The second-order valence-electron chi connectivity index (χ2n) is 9.79. The molecule has 11 heteroatoms. The number of sulfonamides is 1. The van der Waals surface area contributed by atoms with Crippen molar-refractivity contribution in [1.82, 2.24) is 9.29 Å². The van der Waals surface area contributed by atoms with Crippen LogP contribution in [0.2, 0.25) is 0 Å². The van der Waals surface area contributed by atoms with Gasteiger partial charge >= 0.3 is 0 Å². The Kier molecular flexibility index (Phi) is 7.52. The molecule has 2 fully saturated rings. The average molecular weight is 559 g/mol. The number of benzene rings is 2. The summed E-state index contributed by atoms with van der Waals surface area (Å²) < 4.78 is 53.0. The fraction of sp³-hybridized carbons (Fsp3) is 0.444. The van der Waals surface area contributed by atoms with Crippen LogP contribution in [0.4, 0.5) is 11.5 Å². The van der Waals surface area contributed by atoms with Gasteiger partial charge in [0.25, 0.3) is 0 Å². The van der Waals surface area contributed by atoms with E-state index in [9.17, 15) is 12.6 Å². The molecule has 2 aliphatic rings. The maximum atomic E-state index is 14.0. The van der Waals surface area contributed by atoms with E-state index in [1.807, 2.05) is 56.3 Å². The zero-order valence-electron chi connectivity index (χ0n) is 22.2. The minimum atomic E-state index is -3.86. The number of anilines is 2. The number of nitrogens with zero attached hydrogens (tertiary/aromatic N) is 4. The first-order valence-corrected chi connectivity index (χ1v) is 15.5. The molecule has 5 rings (SSSR count). The van der Waals surface area contributed by atoms with Crippen LogP contribution in [0, 0.1) is 0 Å². The monoisotopic (exact) mass is 558 g/mol. The smallest absolute Gasteiger partial charge is 0.246 e. The first-order valence-electron chi connectivity index (χ1n) is 12.7. The van der Waals surface area contributed by atoms with Crippen LogP contribution in [0.5, 0.6) is 11.5 Å². The quantitative estimate of drug-likeness (QED) is 0.456. The lowest BCUT2D eigenvalue weighted by atomic mass is 10.2. The maximum absolute atomic E-state index is 14.0. The predicted octanol–water partition coefficient (Wildman–Crippen LogP) is 3.11. The molecular formula is C27H34N4O5S2. The standard InChI is InChI=1S/C27H34N4O5S2/c1-19-17-31(18-20(2)37(19)32)38(33,34)26-15-21-7-5-6-8-23(21)28-27(26)30-13-11-29(12-14-30)24-10-9-22(35-3)16-25(24)36-4/h5-10,15-16,19-20H,11-14,17-18H2,1-4H3. The van der Waals surface area contributed by atoms with Gasteiger partial charge in [-0.2, -0.15) is 4.31 Å². The van der Waals surface area contributed by atoms with Crippen molar-refractivity contribution in [2.75, 3.05) is 63.3 Å². The van der Waals surface area contributed by atoms with Gasteiger partial charge in [0.15, 0.2) is 0 Å². The Morgan fingerprint density at radius 1 is 0.895 bits per heavy atom. The van der Waals surface area contributed by atoms with Gasteiger partial charge in [-0.1, -0.05) is 18.2 Å². The number of para-hydroxylation sites is 1. The van der Waals surface area contributed by atoms with Crippen LogP contribution in [0.25, 0.3) is 10.9 Å². The van der Waals surface area contributed by atoms with E-state index in [1.165, 1.54) is 4.31 Å². The molecular weight excluding hydrogens is 524 g/mol. The van der Waals surface area contributed by atoms with Gasteiger partial charge in [0.1, 0.15) is 22.2 Å². The van der Waals surface area contributed by atoms with Crippen LogP contribution in [0.3, 0.4) is 0 Å². The molecule has 3 heterocycles. The highest BCUT2D eigenvalue weighted by Crippen LogP contribution is 2.35. The van der Waals surface area contributed by atoms with E-state index in [-0.39, 0.29) is 28.5 Å². The normalized spacial score (nSPS) is 23.0. The van der Waals surface area contributed by atoms with Crippen molar-refractivity contribution in [2.24, 2.45) is 0 Å². The lowest BCUT2D eigenvalue weighted by Gasteiger charge is -2.39. The molecule has 0 aliphatic carbocycles. The van der Waals surface area contributed by atoms with Crippen molar-refractivity contribution >= 4 is 43.2 Å². The lowest BCUT2D eigenvalue weighted by molar-refractivity contribution is 0.393. The Bertz CT molecular complexity index is 1440. The lowest BCUT2D eigenvalue weighted by Crippen LogP contribution is -2.50. The third-order valence-electron chi connectivity index (χ3n) is 7.31. The van der Waals surface area contributed by atoms with Crippen LogP contribution in [0.1, 0.15) is 13.8 Å². The van der Waals surface area contributed by atoms with E-state index < -0.39 is 20.8 Å². The van der Waals surface area contributed by atoms with E-state index in [1.54, 1.807) is 20.3 Å². The summed E-state index contributed by atoms with van der Waals surface area (Å²) in [5.41, 5.74) is 1.72. The topological polar surface area (TPSA) is 92.3 Å². The Morgan fingerprint density at radius 2 is 1.55 bits per heavy atom. The third-order valence-corrected chi connectivity index (χ3v) is 11.0. The fourth-order valence-electron chi connectivity index (χ4n) is 5.23. The van der Waals surface area contributed by atoms with Gasteiger partial charge in [-0.3, -0.25) is 4.21 Å².